The Morgan fingerprint density at radius 3 is 1.11 bits per heavy atom. The predicted molar refractivity (Wildman–Crippen MR) is 203 cm³/mol. The van der Waals surface area contributed by atoms with Crippen molar-refractivity contribution in [1.82, 2.24) is 0 Å². The third-order valence-corrected chi connectivity index (χ3v) is 12.0. The predicted octanol–water partition coefficient (Wildman–Crippen LogP) is -7.19. The number of ether oxygens (including phenoxy) is 16. The molecule has 0 aromatic rings. The number of nitrogens with two attached hydrogens (primary N) is 1. The lowest BCUT2D eigenvalue weighted by atomic mass is 9.94. The van der Waals surface area contributed by atoms with Crippen LogP contribution in [0.3, 0.4) is 0 Å². The number of carboxylic acid groups (broad SMARTS) is 2. The molecule has 5 saturated heterocycles. The Morgan fingerprint density at radius 1 is 0.400 bits per heavy atom. The molecule has 0 aromatic heterocycles. The number of hydrogen-bond acceptors (Lipinski definition) is 26. The summed E-state index contributed by atoms with van der Waals surface area (Å²) in [5.74, 6) is -3.24. The highest BCUT2D eigenvalue weighted by molar-refractivity contribution is 5.74. The second-order valence-corrected chi connectivity index (χ2v) is 15.6. The monoisotopic (exact) mass is 953 g/mol. The van der Waals surface area contributed by atoms with Crippen molar-refractivity contribution in [2.75, 3.05) is 69.6 Å². The fourth-order valence-electron chi connectivity index (χ4n) is 8.71. The molecular formula is C37H63NO27. The van der Waals surface area contributed by atoms with Gasteiger partial charge >= 0.3 is 11.9 Å². The molecule has 25 atom stereocenters. The second-order valence-electron chi connectivity index (χ2n) is 15.6. The molecule has 0 saturated carbocycles. The maximum absolute atomic E-state index is 12.8. The molecule has 0 amide bonds. The average Bonchev–Trinajstić information content (AvgIpc) is 3.30. The number of hydrogen-bond donors (Lipinski definition) is 10. The summed E-state index contributed by atoms with van der Waals surface area (Å²) in [6.45, 7) is -2.22. The first kappa shape index (κ1) is 53.9. The molecule has 5 heterocycles. The average molecular weight is 954 g/mol. The van der Waals surface area contributed by atoms with Gasteiger partial charge in [-0.1, -0.05) is 0 Å². The smallest absolute Gasteiger partial charge is 0.335 e. The van der Waals surface area contributed by atoms with Crippen molar-refractivity contribution in [3.63, 3.8) is 0 Å². The van der Waals surface area contributed by atoms with Crippen LogP contribution >= 0.6 is 0 Å². The minimum Gasteiger partial charge on any atom is -0.479 e. The van der Waals surface area contributed by atoms with Crippen molar-refractivity contribution in [3.8, 4) is 0 Å². The van der Waals surface area contributed by atoms with E-state index in [1.54, 1.807) is 0 Å². The largest absolute Gasteiger partial charge is 0.479 e. The lowest BCUT2D eigenvalue weighted by Crippen LogP contribution is -2.69. The van der Waals surface area contributed by atoms with Gasteiger partial charge in [-0.25, -0.2) is 9.59 Å². The van der Waals surface area contributed by atoms with E-state index < -0.39 is 185 Å². The van der Waals surface area contributed by atoms with Gasteiger partial charge in [0.2, 0.25) is 0 Å². The maximum Gasteiger partial charge on any atom is 0.335 e. The molecule has 65 heavy (non-hydrogen) atoms. The minimum atomic E-state index is -2.09. The van der Waals surface area contributed by atoms with Gasteiger partial charge in [0, 0.05) is 49.8 Å². The van der Waals surface area contributed by atoms with Gasteiger partial charge in [-0.05, 0) is 0 Å². The van der Waals surface area contributed by atoms with Crippen LogP contribution in [0.2, 0.25) is 0 Å². The first-order valence-electron chi connectivity index (χ1n) is 20.4. The van der Waals surface area contributed by atoms with Crippen LogP contribution < -0.4 is 5.73 Å². The minimum absolute atomic E-state index is 0.545. The SMILES string of the molecule is COC1C(OC)[C@H](O[C@H]2OC(CO)[C@@H](OC)C(OC)C2N)C(C(=O)O)O[C@H]1O[C@@H]1C(CO)O[C@H](O[C@@H]2C(C(=O)O)O[C@@H](O[C@@H]3C(CO)O[C@H](OC)C(O)C3O)C(OC)C2OC)C(O)C1O. The van der Waals surface area contributed by atoms with E-state index in [0.29, 0.717) is 0 Å². The lowest BCUT2D eigenvalue weighted by Gasteiger charge is -2.50. The van der Waals surface area contributed by atoms with E-state index in [9.17, 15) is 55.5 Å². The fourth-order valence-corrected chi connectivity index (χ4v) is 8.71. The normalized spacial score (nSPS) is 47.3. The third kappa shape index (κ3) is 11.1. The quantitative estimate of drug-likeness (QED) is 0.0542. The Hall–Kier alpha value is -2.02. The Morgan fingerprint density at radius 2 is 0.738 bits per heavy atom. The van der Waals surface area contributed by atoms with Crippen molar-refractivity contribution < 1.29 is 131 Å². The van der Waals surface area contributed by atoms with E-state index >= 15 is 0 Å². The Balaban J connectivity index is 1.33. The summed E-state index contributed by atoms with van der Waals surface area (Å²) in [7, 11) is 8.66. The molecular weight excluding hydrogens is 890 g/mol. The Bertz CT molecular complexity index is 1480. The molecule has 5 aliphatic rings. The van der Waals surface area contributed by atoms with Crippen LogP contribution in [0.15, 0.2) is 0 Å². The molecule has 5 rings (SSSR count). The molecule has 28 nitrogen and oxygen atoms in total. The zero-order valence-corrected chi connectivity index (χ0v) is 36.5. The van der Waals surface area contributed by atoms with Gasteiger partial charge in [0.1, 0.15) is 104 Å². The second kappa shape index (κ2) is 24.0. The molecule has 0 aromatic carbocycles. The molecule has 0 bridgehead atoms. The number of methoxy groups -OCH3 is 7. The summed E-state index contributed by atoms with van der Waals surface area (Å²) >= 11 is 0. The number of aliphatic carboxylic acids is 2. The summed E-state index contributed by atoms with van der Waals surface area (Å²) in [6, 6.07) is -1.09. The van der Waals surface area contributed by atoms with Gasteiger partial charge in [-0.3, -0.25) is 0 Å². The van der Waals surface area contributed by atoms with Crippen molar-refractivity contribution in [2.24, 2.45) is 5.73 Å². The molecule has 15 unspecified atom stereocenters. The highest BCUT2D eigenvalue weighted by Gasteiger charge is 2.59. The lowest BCUT2D eigenvalue weighted by molar-refractivity contribution is -0.389. The zero-order valence-electron chi connectivity index (χ0n) is 36.5. The molecule has 0 radical (unpaired) electrons. The van der Waals surface area contributed by atoms with Crippen LogP contribution in [0.25, 0.3) is 0 Å². The maximum atomic E-state index is 12.8. The molecule has 0 spiro atoms. The standard InChI is InChI=1S/C37H63NO27/c1-50-21-13(10-41)57-33(14(38)22(21)51-2)62-25-23(52-3)29(54-5)36(64-27(25)31(46)47)61-20-12(9-40)59-35(18(45)16(20)43)63-26-24(53-4)30(55-6)37(65-28(26)32(48)49)60-19-11(8-39)58-34(56-7)17(44)15(19)42/h11-30,33-37,39-45H,8-10,38H2,1-7H3,(H,46,47)(H,48,49)/t11?,12?,13?,14?,15?,16?,17?,18?,19-,20-,21-,22?,23?,24?,25+,26+,27?,28?,29?,30?,33-,34+,35-,36-,37-/m1/s1. The van der Waals surface area contributed by atoms with Crippen LogP contribution in [0, 0.1) is 0 Å². The number of carboxylic acids is 2. The zero-order chi connectivity index (χ0) is 48.0. The van der Waals surface area contributed by atoms with E-state index in [2.05, 4.69) is 0 Å². The number of aliphatic hydroxyl groups excluding tert-OH is 7. The van der Waals surface area contributed by atoms with E-state index in [1.807, 2.05) is 0 Å². The summed E-state index contributed by atoms with van der Waals surface area (Å²) in [5, 5.41) is 95.4. The van der Waals surface area contributed by atoms with Crippen LogP contribution in [0.4, 0.5) is 0 Å². The Labute approximate surface area is 371 Å². The van der Waals surface area contributed by atoms with Crippen molar-refractivity contribution in [3.05, 3.63) is 0 Å². The van der Waals surface area contributed by atoms with Crippen LogP contribution in [0.1, 0.15) is 0 Å². The van der Waals surface area contributed by atoms with Gasteiger partial charge in [0.25, 0.3) is 0 Å². The number of aliphatic hydroxyl groups is 7. The molecule has 5 aliphatic heterocycles. The van der Waals surface area contributed by atoms with Gasteiger partial charge in [-0.2, -0.15) is 0 Å². The van der Waals surface area contributed by atoms with Crippen LogP contribution in [0.5, 0.6) is 0 Å². The fraction of sp³-hybridized carbons (Fsp3) is 0.946. The van der Waals surface area contributed by atoms with Gasteiger partial charge in [-0.15, -0.1) is 0 Å². The number of rotatable bonds is 20. The van der Waals surface area contributed by atoms with Crippen LogP contribution in [-0.4, -0.2) is 281 Å². The first-order chi connectivity index (χ1) is 31.0. The van der Waals surface area contributed by atoms with Crippen molar-refractivity contribution in [2.45, 2.75) is 153 Å². The molecule has 11 N–H and O–H groups in total. The molecule has 0 aliphatic carbocycles. The van der Waals surface area contributed by atoms with E-state index in [-0.39, 0.29) is 0 Å². The van der Waals surface area contributed by atoms with Crippen molar-refractivity contribution in [1.29, 1.82) is 0 Å². The molecule has 378 valence electrons. The Kier molecular flexibility index (Phi) is 19.9. The van der Waals surface area contributed by atoms with Gasteiger partial charge in [0.15, 0.2) is 43.7 Å². The molecule has 28 heteroatoms. The topological polar surface area (TPSA) is 390 Å². The van der Waals surface area contributed by atoms with E-state index in [1.165, 1.54) is 42.7 Å². The first-order valence-corrected chi connectivity index (χ1v) is 20.4. The van der Waals surface area contributed by atoms with Crippen LogP contribution in [-0.2, 0) is 85.4 Å². The summed E-state index contributed by atoms with van der Waals surface area (Å²) in [5.41, 5.74) is 6.40. The third-order valence-electron chi connectivity index (χ3n) is 12.0. The summed E-state index contributed by atoms with van der Waals surface area (Å²) < 4.78 is 91.1. The van der Waals surface area contributed by atoms with Gasteiger partial charge < -0.3 is 127 Å². The van der Waals surface area contributed by atoms with Crippen molar-refractivity contribution >= 4 is 11.9 Å². The summed E-state index contributed by atoms with van der Waals surface area (Å²) in [6.07, 6.45) is -37.3. The van der Waals surface area contributed by atoms with E-state index in [0.717, 1.165) is 7.11 Å². The highest BCUT2D eigenvalue weighted by Crippen LogP contribution is 2.38. The van der Waals surface area contributed by atoms with Gasteiger partial charge in [0.05, 0.1) is 25.9 Å². The number of carbonyl (C=O) groups is 2. The highest BCUT2D eigenvalue weighted by atomic mass is 16.8. The van der Waals surface area contributed by atoms with E-state index in [4.69, 9.17) is 81.5 Å². The summed E-state index contributed by atoms with van der Waals surface area (Å²) in [4.78, 5) is 25.5. The molecule has 5 fully saturated rings.